The van der Waals surface area contributed by atoms with Crippen LogP contribution >= 0.6 is 11.6 Å². The van der Waals surface area contributed by atoms with E-state index in [1.165, 1.54) is 18.2 Å². The van der Waals surface area contributed by atoms with Crippen LogP contribution in [-0.4, -0.2) is 18.8 Å². The van der Waals surface area contributed by atoms with Crippen molar-refractivity contribution in [2.45, 2.75) is 12.6 Å². The summed E-state index contributed by atoms with van der Waals surface area (Å²) in [7, 11) is 1.60. The van der Waals surface area contributed by atoms with E-state index < -0.39 is 11.7 Å². The van der Waals surface area contributed by atoms with E-state index in [1.54, 1.807) is 7.05 Å². The van der Waals surface area contributed by atoms with E-state index in [2.05, 4.69) is 22.5 Å². The third kappa shape index (κ3) is 5.75. The molecule has 8 heteroatoms. The van der Waals surface area contributed by atoms with Crippen LogP contribution in [0.5, 0.6) is 0 Å². The maximum absolute atomic E-state index is 12.8. The van der Waals surface area contributed by atoms with Gasteiger partial charge in [0, 0.05) is 25.6 Å². The van der Waals surface area contributed by atoms with E-state index in [0.29, 0.717) is 18.8 Å². The minimum Gasteiger partial charge on any atom is -0.393 e. The summed E-state index contributed by atoms with van der Waals surface area (Å²) in [4.78, 5) is 0. The molecule has 1 aromatic carbocycles. The van der Waals surface area contributed by atoms with Gasteiger partial charge in [0.1, 0.15) is 16.7 Å². The van der Waals surface area contributed by atoms with Gasteiger partial charge < -0.3 is 16.4 Å². The molecule has 0 radical (unpaired) electrons. The van der Waals surface area contributed by atoms with Gasteiger partial charge in [-0.15, -0.1) is 0 Å². The lowest BCUT2D eigenvalue weighted by Gasteiger charge is -2.11. The SMILES string of the molecule is CN/C(NCCC#Cc1ccccc1C(F)(F)F)=C(/N)C(=N)Cl. The van der Waals surface area contributed by atoms with Crippen molar-refractivity contribution in [2.75, 3.05) is 13.6 Å². The molecule has 0 aliphatic heterocycles. The number of allylic oxidation sites excluding steroid dienone is 1. The Bertz CT molecular complexity index is 657. The molecule has 1 aromatic rings. The Morgan fingerprint density at radius 2 is 2.00 bits per heavy atom. The van der Waals surface area contributed by atoms with Crippen LogP contribution in [0.3, 0.4) is 0 Å². The molecule has 0 spiro atoms. The lowest BCUT2D eigenvalue weighted by Crippen LogP contribution is -2.30. The minimum atomic E-state index is -4.43. The number of benzene rings is 1. The van der Waals surface area contributed by atoms with Crippen molar-refractivity contribution in [3.63, 3.8) is 0 Å². The highest BCUT2D eigenvalue weighted by Crippen LogP contribution is 2.31. The molecule has 0 amide bonds. The van der Waals surface area contributed by atoms with E-state index >= 15 is 0 Å². The summed E-state index contributed by atoms with van der Waals surface area (Å²) in [5, 5.41) is 12.5. The average molecular weight is 345 g/mol. The minimum absolute atomic E-state index is 0.0459. The normalized spacial score (nSPS) is 11.9. The molecule has 0 aromatic heterocycles. The number of alkyl halides is 3. The van der Waals surface area contributed by atoms with Gasteiger partial charge in [-0.05, 0) is 12.1 Å². The van der Waals surface area contributed by atoms with Crippen molar-refractivity contribution in [2.24, 2.45) is 5.73 Å². The molecule has 0 saturated carbocycles. The number of nitrogens with two attached hydrogens (primary N) is 1. The third-order valence-corrected chi connectivity index (χ3v) is 2.97. The Hall–Kier alpha value is -2.33. The van der Waals surface area contributed by atoms with Crippen LogP contribution in [0.25, 0.3) is 0 Å². The summed E-state index contributed by atoms with van der Waals surface area (Å²) < 4.78 is 38.4. The smallest absolute Gasteiger partial charge is 0.393 e. The molecule has 0 unspecified atom stereocenters. The molecular weight excluding hydrogens is 329 g/mol. The Kier molecular flexibility index (Phi) is 6.79. The Morgan fingerprint density at radius 1 is 1.35 bits per heavy atom. The van der Waals surface area contributed by atoms with E-state index in [4.69, 9.17) is 22.7 Å². The number of halogens is 4. The van der Waals surface area contributed by atoms with Crippen molar-refractivity contribution < 1.29 is 13.2 Å². The Labute approximate surface area is 137 Å². The number of hydrogen-bond donors (Lipinski definition) is 4. The third-order valence-electron chi connectivity index (χ3n) is 2.76. The topological polar surface area (TPSA) is 73.9 Å². The van der Waals surface area contributed by atoms with E-state index in [0.717, 1.165) is 6.07 Å². The van der Waals surface area contributed by atoms with Crippen LogP contribution in [0.1, 0.15) is 17.5 Å². The summed E-state index contributed by atoms with van der Waals surface area (Å²) in [5.74, 6) is 5.55. The molecule has 1 rings (SSSR count). The van der Waals surface area contributed by atoms with Gasteiger partial charge in [0.05, 0.1) is 5.56 Å². The lowest BCUT2D eigenvalue weighted by molar-refractivity contribution is -0.137. The number of rotatable bonds is 5. The summed E-state index contributed by atoms with van der Waals surface area (Å²) in [6.45, 7) is 0.336. The maximum atomic E-state index is 12.8. The monoisotopic (exact) mass is 344 g/mol. The van der Waals surface area contributed by atoms with Gasteiger partial charge in [0.2, 0.25) is 0 Å². The first-order chi connectivity index (χ1) is 10.8. The molecule has 4 nitrogen and oxygen atoms in total. The Morgan fingerprint density at radius 3 is 2.57 bits per heavy atom. The van der Waals surface area contributed by atoms with Gasteiger partial charge in [-0.1, -0.05) is 35.6 Å². The predicted octanol–water partition coefficient (Wildman–Crippen LogP) is 2.60. The average Bonchev–Trinajstić information content (AvgIpc) is 2.49. The lowest BCUT2D eigenvalue weighted by atomic mass is 10.1. The van der Waals surface area contributed by atoms with Crippen LogP contribution in [0, 0.1) is 17.3 Å². The largest absolute Gasteiger partial charge is 0.417 e. The summed E-state index contributed by atoms with van der Waals surface area (Å²) in [6.07, 6.45) is -4.14. The number of hydrogen-bond acceptors (Lipinski definition) is 4. The van der Waals surface area contributed by atoms with Crippen molar-refractivity contribution in [3.05, 3.63) is 46.9 Å². The molecule has 23 heavy (non-hydrogen) atoms. The van der Waals surface area contributed by atoms with Crippen LogP contribution in [0.15, 0.2) is 35.8 Å². The fraction of sp³-hybridized carbons (Fsp3) is 0.267. The highest BCUT2D eigenvalue weighted by atomic mass is 35.5. The zero-order chi connectivity index (χ0) is 17.5. The second-order valence-corrected chi connectivity index (χ2v) is 4.75. The first-order valence-corrected chi connectivity index (χ1v) is 6.96. The van der Waals surface area contributed by atoms with Crippen LogP contribution in [0.2, 0.25) is 0 Å². The van der Waals surface area contributed by atoms with E-state index in [-0.39, 0.29) is 16.4 Å². The van der Waals surface area contributed by atoms with Gasteiger partial charge in [0.15, 0.2) is 0 Å². The zero-order valence-corrected chi connectivity index (χ0v) is 13.1. The highest BCUT2D eigenvalue weighted by molar-refractivity contribution is 6.68. The molecule has 124 valence electrons. The van der Waals surface area contributed by atoms with Gasteiger partial charge >= 0.3 is 6.18 Å². The van der Waals surface area contributed by atoms with E-state index in [1.807, 2.05) is 0 Å². The standard InChI is InChI=1S/C15H16ClF3N4/c1-22-14(12(20)13(16)21)23-9-5-4-7-10-6-2-3-8-11(10)15(17,18)19/h2-3,6,8,21-23H,5,9,20H2,1H3/b14-12-,21-13?. The quantitative estimate of drug-likeness (QED) is 0.377. The molecular formula is C15H16ClF3N4. The molecule has 0 aliphatic carbocycles. The Balaban J connectivity index is 2.71. The predicted molar refractivity (Wildman–Crippen MR) is 84.8 cm³/mol. The van der Waals surface area contributed by atoms with Crippen molar-refractivity contribution in [3.8, 4) is 11.8 Å². The molecule has 0 saturated heterocycles. The summed E-state index contributed by atoms with van der Waals surface area (Å²) >= 11 is 5.47. The fourth-order valence-corrected chi connectivity index (χ4v) is 1.77. The van der Waals surface area contributed by atoms with Gasteiger partial charge in [-0.2, -0.15) is 13.2 Å². The maximum Gasteiger partial charge on any atom is 0.417 e. The molecule has 0 fully saturated rings. The van der Waals surface area contributed by atoms with Gasteiger partial charge in [-0.25, -0.2) is 0 Å². The van der Waals surface area contributed by atoms with Gasteiger partial charge in [-0.3, -0.25) is 5.41 Å². The first-order valence-electron chi connectivity index (χ1n) is 6.58. The van der Waals surface area contributed by atoms with Crippen LogP contribution in [0.4, 0.5) is 13.2 Å². The molecule has 5 N–H and O–H groups in total. The zero-order valence-electron chi connectivity index (χ0n) is 12.3. The molecule has 0 heterocycles. The highest BCUT2D eigenvalue weighted by Gasteiger charge is 2.32. The molecule has 0 atom stereocenters. The summed E-state index contributed by atoms with van der Waals surface area (Å²) in [6, 6.07) is 5.15. The first kappa shape index (κ1) is 18.7. The van der Waals surface area contributed by atoms with Crippen molar-refractivity contribution >= 4 is 16.8 Å². The summed E-state index contributed by atoms with van der Waals surface area (Å²) in [5.41, 5.74) is 4.81. The van der Waals surface area contributed by atoms with Crippen molar-refractivity contribution in [1.82, 2.24) is 10.6 Å². The fourth-order valence-electron chi connectivity index (χ4n) is 1.68. The molecule has 0 aliphatic rings. The van der Waals surface area contributed by atoms with Crippen molar-refractivity contribution in [1.29, 1.82) is 5.41 Å². The van der Waals surface area contributed by atoms with E-state index in [9.17, 15) is 13.2 Å². The van der Waals surface area contributed by atoms with Gasteiger partial charge in [0.25, 0.3) is 0 Å². The molecule has 0 bridgehead atoms. The second kappa shape index (κ2) is 8.34. The van der Waals surface area contributed by atoms with Crippen LogP contribution < -0.4 is 16.4 Å². The number of nitrogens with one attached hydrogen (secondary N) is 3. The second-order valence-electron chi connectivity index (χ2n) is 4.37. The van der Waals surface area contributed by atoms with Crippen LogP contribution in [-0.2, 0) is 6.18 Å².